The van der Waals surface area contributed by atoms with Crippen LogP contribution in [0.15, 0.2) is 6.20 Å². The Bertz CT molecular complexity index is 354. The second-order valence-electron chi connectivity index (χ2n) is 4.64. The minimum atomic E-state index is 0.529. The van der Waals surface area contributed by atoms with Gasteiger partial charge in [-0.3, -0.25) is 0 Å². The van der Waals surface area contributed by atoms with E-state index >= 15 is 0 Å². The van der Waals surface area contributed by atoms with Gasteiger partial charge in [-0.05, 0) is 36.3 Å². The first kappa shape index (κ1) is 8.81. The third kappa shape index (κ3) is 1.29. The predicted molar refractivity (Wildman–Crippen MR) is 57.6 cm³/mol. The van der Waals surface area contributed by atoms with Gasteiger partial charge in [0, 0.05) is 18.3 Å². The van der Waals surface area contributed by atoms with Crippen molar-refractivity contribution >= 4 is 11.6 Å². The molecular formula is C11H15ClN2. The second-order valence-corrected chi connectivity index (χ2v) is 5.01. The maximum Gasteiger partial charge on any atom is 0.109 e. The van der Waals surface area contributed by atoms with Crippen molar-refractivity contribution in [2.75, 3.05) is 0 Å². The molecule has 0 bridgehead atoms. The summed E-state index contributed by atoms with van der Waals surface area (Å²) in [5.74, 6) is 0.688. The Labute approximate surface area is 89.0 Å². The molecule has 76 valence electrons. The molecule has 0 spiro atoms. The average Bonchev–Trinajstić information content (AvgIpc) is 2.84. The number of aromatic nitrogens is 1. The Morgan fingerprint density at radius 1 is 1.50 bits per heavy atom. The summed E-state index contributed by atoms with van der Waals surface area (Å²) in [6.45, 7) is 2.30. The standard InChI is InChI=1S/C11H15ClN2/c1-6-4-8-9(5-13-11(8)12)10(6)14-7-2-3-7/h5-7,10,13-14H,2-4H2,1H3. The second kappa shape index (κ2) is 3.01. The normalized spacial score (nSPS) is 30.7. The lowest BCUT2D eigenvalue weighted by Crippen LogP contribution is -2.25. The molecule has 2 unspecified atom stereocenters. The van der Waals surface area contributed by atoms with Gasteiger partial charge in [0.2, 0.25) is 0 Å². The topological polar surface area (TPSA) is 27.8 Å². The highest BCUT2D eigenvalue weighted by Gasteiger charge is 2.35. The van der Waals surface area contributed by atoms with Gasteiger partial charge >= 0.3 is 0 Å². The quantitative estimate of drug-likeness (QED) is 0.772. The van der Waals surface area contributed by atoms with Crippen LogP contribution in [0, 0.1) is 5.92 Å². The molecule has 2 aliphatic rings. The van der Waals surface area contributed by atoms with Crippen LogP contribution in [0.3, 0.4) is 0 Å². The van der Waals surface area contributed by atoms with Crippen LogP contribution in [0.4, 0.5) is 0 Å². The number of nitrogens with one attached hydrogen (secondary N) is 2. The van der Waals surface area contributed by atoms with Gasteiger partial charge in [-0.2, -0.15) is 0 Å². The Morgan fingerprint density at radius 3 is 3.00 bits per heavy atom. The van der Waals surface area contributed by atoms with E-state index in [1.165, 1.54) is 24.0 Å². The van der Waals surface area contributed by atoms with Crippen molar-refractivity contribution in [1.29, 1.82) is 0 Å². The van der Waals surface area contributed by atoms with Crippen LogP contribution in [-0.2, 0) is 6.42 Å². The summed E-state index contributed by atoms with van der Waals surface area (Å²) in [4.78, 5) is 3.11. The largest absolute Gasteiger partial charge is 0.352 e. The van der Waals surface area contributed by atoms with E-state index in [0.717, 1.165) is 17.6 Å². The summed E-state index contributed by atoms with van der Waals surface area (Å²) in [5.41, 5.74) is 2.73. The average molecular weight is 211 g/mol. The van der Waals surface area contributed by atoms with Crippen LogP contribution in [0.5, 0.6) is 0 Å². The van der Waals surface area contributed by atoms with Gasteiger partial charge in [0.25, 0.3) is 0 Å². The van der Waals surface area contributed by atoms with Crippen LogP contribution >= 0.6 is 11.6 Å². The molecule has 3 heteroatoms. The Balaban J connectivity index is 1.88. The van der Waals surface area contributed by atoms with Crippen molar-refractivity contribution in [1.82, 2.24) is 10.3 Å². The highest BCUT2D eigenvalue weighted by atomic mass is 35.5. The van der Waals surface area contributed by atoms with Gasteiger partial charge in [-0.15, -0.1) is 0 Å². The van der Waals surface area contributed by atoms with Gasteiger partial charge in [0.1, 0.15) is 5.15 Å². The van der Waals surface area contributed by atoms with Crippen LogP contribution in [0.1, 0.15) is 36.9 Å². The van der Waals surface area contributed by atoms with Crippen molar-refractivity contribution in [3.05, 3.63) is 22.5 Å². The van der Waals surface area contributed by atoms with Crippen molar-refractivity contribution in [2.45, 2.75) is 38.3 Å². The molecule has 0 aliphatic heterocycles. The monoisotopic (exact) mass is 210 g/mol. The van der Waals surface area contributed by atoms with Crippen LogP contribution in [0.25, 0.3) is 0 Å². The lowest BCUT2D eigenvalue weighted by Gasteiger charge is -2.17. The van der Waals surface area contributed by atoms with Gasteiger partial charge in [0.05, 0.1) is 0 Å². The van der Waals surface area contributed by atoms with E-state index in [-0.39, 0.29) is 0 Å². The number of rotatable bonds is 2. The Morgan fingerprint density at radius 2 is 2.29 bits per heavy atom. The summed E-state index contributed by atoms with van der Waals surface area (Å²) < 4.78 is 0. The molecule has 1 saturated carbocycles. The van der Waals surface area contributed by atoms with Crippen molar-refractivity contribution in [3.8, 4) is 0 Å². The lowest BCUT2D eigenvalue weighted by molar-refractivity contribution is 0.412. The van der Waals surface area contributed by atoms with Gasteiger partial charge in [0.15, 0.2) is 0 Å². The number of aromatic amines is 1. The maximum absolute atomic E-state index is 6.08. The summed E-state index contributed by atoms with van der Waals surface area (Å²) in [6, 6.07) is 1.29. The molecule has 0 aromatic carbocycles. The molecule has 1 fully saturated rings. The van der Waals surface area contributed by atoms with Gasteiger partial charge < -0.3 is 10.3 Å². The summed E-state index contributed by atoms with van der Waals surface area (Å²) in [5, 5.41) is 4.53. The first-order valence-electron chi connectivity index (χ1n) is 5.37. The molecule has 2 nitrogen and oxygen atoms in total. The number of H-pyrrole nitrogens is 1. The SMILES string of the molecule is CC1Cc2c(c[nH]c2Cl)C1NC1CC1. The molecule has 1 heterocycles. The Kier molecular flexibility index (Phi) is 1.89. The molecule has 1 aromatic rings. The first-order valence-corrected chi connectivity index (χ1v) is 5.75. The molecule has 0 saturated heterocycles. The molecule has 2 atom stereocenters. The molecule has 0 radical (unpaired) electrons. The van der Waals surface area contributed by atoms with Crippen molar-refractivity contribution in [3.63, 3.8) is 0 Å². The van der Waals surface area contributed by atoms with Crippen LogP contribution < -0.4 is 5.32 Å². The minimum Gasteiger partial charge on any atom is -0.352 e. The fraction of sp³-hybridized carbons (Fsp3) is 0.636. The highest BCUT2D eigenvalue weighted by molar-refractivity contribution is 6.30. The first-order chi connectivity index (χ1) is 6.75. The summed E-state index contributed by atoms with van der Waals surface area (Å²) in [6.07, 6.45) is 5.87. The number of halogens is 1. The predicted octanol–water partition coefficient (Wildman–Crippen LogP) is 2.65. The molecular weight excluding hydrogens is 196 g/mol. The molecule has 1 aromatic heterocycles. The third-order valence-corrected chi connectivity index (χ3v) is 3.73. The van der Waals surface area contributed by atoms with E-state index in [4.69, 9.17) is 11.6 Å². The van der Waals surface area contributed by atoms with E-state index < -0.39 is 0 Å². The van der Waals surface area contributed by atoms with E-state index in [0.29, 0.717) is 12.0 Å². The van der Waals surface area contributed by atoms with E-state index in [1.807, 2.05) is 0 Å². The van der Waals surface area contributed by atoms with Crippen LogP contribution in [0.2, 0.25) is 5.15 Å². The number of fused-ring (bicyclic) bond motifs is 1. The third-order valence-electron chi connectivity index (χ3n) is 3.39. The van der Waals surface area contributed by atoms with E-state index in [1.54, 1.807) is 0 Å². The zero-order valence-electron chi connectivity index (χ0n) is 8.31. The fourth-order valence-corrected chi connectivity index (χ4v) is 2.67. The molecule has 3 rings (SSSR count). The molecule has 2 N–H and O–H groups in total. The smallest absolute Gasteiger partial charge is 0.109 e. The minimum absolute atomic E-state index is 0.529. The fourth-order valence-electron chi connectivity index (χ4n) is 2.43. The zero-order valence-corrected chi connectivity index (χ0v) is 9.06. The summed E-state index contributed by atoms with van der Waals surface area (Å²) >= 11 is 6.08. The summed E-state index contributed by atoms with van der Waals surface area (Å²) in [7, 11) is 0. The van der Waals surface area contributed by atoms with Crippen LogP contribution in [-0.4, -0.2) is 11.0 Å². The molecule has 0 amide bonds. The number of hydrogen-bond donors (Lipinski definition) is 2. The maximum atomic E-state index is 6.08. The van der Waals surface area contributed by atoms with E-state index in [9.17, 15) is 0 Å². The Hall–Kier alpha value is -0.470. The molecule has 14 heavy (non-hydrogen) atoms. The van der Waals surface area contributed by atoms with Crippen molar-refractivity contribution in [2.24, 2.45) is 5.92 Å². The lowest BCUT2D eigenvalue weighted by atomic mass is 10.0. The zero-order chi connectivity index (χ0) is 9.71. The van der Waals surface area contributed by atoms with Gasteiger partial charge in [-0.25, -0.2) is 0 Å². The van der Waals surface area contributed by atoms with Crippen molar-refractivity contribution < 1.29 is 0 Å². The number of hydrogen-bond acceptors (Lipinski definition) is 1. The molecule has 2 aliphatic carbocycles. The highest BCUT2D eigenvalue weighted by Crippen LogP contribution is 2.41. The van der Waals surface area contributed by atoms with E-state index in [2.05, 4.69) is 23.4 Å². The van der Waals surface area contributed by atoms with Gasteiger partial charge in [-0.1, -0.05) is 18.5 Å².